The second kappa shape index (κ2) is 6.64. The Morgan fingerprint density at radius 2 is 1.83 bits per heavy atom. The number of carbonyl (C=O) groups excluding carboxylic acids is 2. The van der Waals surface area contributed by atoms with Crippen LogP contribution in [0.5, 0.6) is 5.75 Å². The third kappa shape index (κ3) is 4.45. The van der Waals surface area contributed by atoms with Crippen LogP contribution < -0.4 is 10.1 Å². The molecule has 0 spiro atoms. The summed E-state index contributed by atoms with van der Waals surface area (Å²) in [7, 11) is 1.48. The molecule has 18 heavy (non-hydrogen) atoms. The lowest BCUT2D eigenvalue weighted by atomic mass is 10.2. The third-order valence-electron chi connectivity index (χ3n) is 2.07. The Kier molecular flexibility index (Phi) is 5.17. The van der Waals surface area contributed by atoms with Crippen LogP contribution in [0, 0.1) is 0 Å². The van der Waals surface area contributed by atoms with Gasteiger partial charge in [-0.15, -0.1) is 0 Å². The molecule has 0 saturated heterocycles. The normalized spacial score (nSPS) is 10.0. The Morgan fingerprint density at radius 3 is 2.33 bits per heavy atom. The maximum atomic E-state index is 11.6. The van der Waals surface area contributed by atoms with Gasteiger partial charge in [-0.1, -0.05) is 0 Å². The van der Waals surface area contributed by atoms with Crippen molar-refractivity contribution < 1.29 is 19.1 Å². The first kappa shape index (κ1) is 14.0. The van der Waals surface area contributed by atoms with Gasteiger partial charge in [-0.05, 0) is 38.1 Å². The van der Waals surface area contributed by atoms with Crippen molar-refractivity contribution in [2.75, 3.05) is 13.7 Å². The van der Waals surface area contributed by atoms with Crippen LogP contribution in [0.15, 0.2) is 24.3 Å². The molecule has 5 heteroatoms. The van der Waals surface area contributed by atoms with Crippen molar-refractivity contribution in [1.82, 2.24) is 5.32 Å². The SMILES string of the molecule is CNC(=O)COC(=O)c1ccc(OC(C)C)cc1. The summed E-state index contributed by atoms with van der Waals surface area (Å²) in [6.07, 6.45) is 0.0797. The summed E-state index contributed by atoms with van der Waals surface area (Å²) in [6, 6.07) is 6.58. The quantitative estimate of drug-likeness (QED) is 0.803. The highest BCUT2D eigenvalue weighted by molar-refractivity contribution is 5.91. The van der Waals surface area contributed by atoms with E-state index in [1.54, 1.807) is 24.3 Å². The van der Waals surface area contributed by atoms with Crippen molar-refractivity contribution in [1.29, 1.82) is 0 Å². The minimum absolute atomic E-state index is 0.0797. The summed E-state index contributed by atoms with van der Waals surface area (Å²) in [5, 5.41) is 2.37. The highest BCUT2D eigenvalue weighted by atomic mass is 16.5. The minimum atomic E-state index is -0.533. The third-order valence-corrected chi connectivity index (χ3v) is 2.07. The van der Waals surface area contributed by atoms with Crippen LogP contribution in [0.3, 0.4) is 0 Å². The molecule has 0 radical (unpaired) electrons. The van der Waals surface area contributed by atoms with E-state index >= 15 is 0 Å². The largest absolute Gasteiger partial charge is 0.491 e. The molecule has 0 unspecified atom stereocenters. The highest BCUT2D eigenvalue weighted by Gasteiger charge is 2.09. The topological polar surface area (TPSA) is 64.6 Å². The lowest BCUT2D eigenvalue weighted by Crippen LogP contribution is -2.25. The molecule has 0 bridgehead atoms. The van der Waals surface area contributed by atoms with Crippen molar-refractivity contribution in [2.24, 2.45) is 0 Å². The molecule has 0 aliphatic carbocycles. The number of likely N-dealkylation sites (N-methyl/N-ethyl adjacent to an activating group) is 1. The molecule has 0 fully saturated rings. The minimum Gasteiger partial charge on any atom is -0.491 e. The summed E-state index contributed by atoms with van der Waals surface area (Å²) in [6.45, 7) is 3.57. The van der Waals surface area contributed by atoms with Gasteiger partial charge in [0.2, 0.25) is 0 Å². The van der Waals surface area contributed by atoms with Gasteiger partial charge in [0.15, 0.2) is 6.61 Å². The number of benzene rings is 1. The van der Waals surface area contributed by atoms with Gasteiger partial charge >= 0.3 is 5.97 Å². The van der Waals surface area contributed by atoms with E-state index in [1.807, 2.05) is 13.8 Å². The molecule has 5 nitrogen and oxygen atoms in total. The second-order valence-electron chi connectivity index (χ2n) is 3.94. The maximum absolute atomic E-state index is 11.6. The van der Waals surface area contributed by atoms with Crippen molar-refractivity contribution in [3.8, 4) is 5.75 Å². The van der Waals surface area contributed by atoms with Crippen molar-refractivity contribution in [2.45, 2.75) is 20.0 Å². The molecule has 0 aliphatic heterocycles. The number of carbonyl (C=O) groups is 2. The zero-order valence-corrected chi connectivity index (χ0v) is 10.7. The lowest BCUT2D eigenvalue weighted by molar-refractivity contribution is -0.123. The number of esters is 1. The molecule has 0 heterocycles. The lowest BCUT2D eigenvalue weighted by Gasteiger charge is -2.09. The molecule has 0 atom stereocenters. The predicted molar refractivity (Wildman–Crippen MR) is 66.6 cm³/mol. The fourth-order valence-corrected chi connectivity index (χ4v) is 1.23. The van der Waals surface area contributed by atoms with E-state index in [-0.39, 0.29) is 18.6 Å². The standard InChI is InChI=1S/C13H17NO4/c1-9(2)18-11-6-4-10(5-7-11)13(16)17-8-12(15)14-3/h4-7,9H,8H2,1-3H3,(H,14,15). The van der Waals surface area contributed by atoms with Crippen LogP contribution >= 0.6 is 0 Å². The summed E-state index contributed by atoms with van der Waals surface area (Å²) in [4.78, 5) is 22.5. The van der Waals surface area contributed by atoms with E-state index < -0.39 is 5.97 Å². The summed E-state index contributed by atoms with van der Waals surface area (Å²) in [5.74, 6) is -0.189. The first-order valence-corrected chi connectivity index (χ1v) is 5.67. The highest BCUT2D eigenvalue weighted by Crippen LogP contribution is 2.14. The molecule has 1 rings (SSSR count). The van der Waals surface area contributed by atoms with E-state index in [2.05, 4.69) is 5.32 Å². The number of nitrogens with one attached hydrogen (secondary N) is 1. The van der Waals surface area contributed by atoms with Gasteiger partial charge in [0.05, 0.1) is 11.7 Å². The molecule has 0 aromatic heterocycles. The molecular weight excluding hydrogens is 234 g/mol. The Labute approximate surface area is 106 Å². The Morgan fingerprint density at radius 1 is 1.22 bits per heavy atom. The van der Waals surface area contributed by atoms with Crippen LogP contribution in [0.25, 0.3) is 0 Å². The number of rotatable bonds is 5. The van der Waals surface area contributed by atoms with Gasteiger partial charge in [0, 0.05) is 7.05 Å². The van der Waals surface area contributed by atoms with Crippen LogP contribution in [0.2, 0.25) is 0 Å². The first-order chi connectivity index (χ1) is 8.52. The van der Waals surface area contributed by atoms with E-state index in [4.69, 9.17) is 9.47 Å². The molecule has 0 aliphatic rings. The van der Waals surface area contributed by atoms with Crippen LogP contribution in [-0.4, -0.2) is 31.6 Å². The number of hydrogen-bond acceptors (Lipinski definition) is 4. The predicted octanol–water partition coefficient (Wildman–Crippen LogP) is 1.38. The summed E-state index contributed by atoms with van der Waals surface area (Å²) >= 11 is 0. The molecule has 1 amide bonds. The zero-order valence-electron chi connectivity index (χ0n) is 10.7. The van der Waals surface area contributed by atoms with Crippen molar-refractivity contribution in [3.63, 3.8) is 0 Å². The fraction of sp³-hybridized carbons (Fsp3) is 0.385. The van der Waals surface area contributed by atoms with Crippen LogP contribution in [-0.2, 0) is 9.53 Å². The van der Waals surface area contributed by atoms with Crippen molar-refractivity contribution >= 4 is 11.9 Å². The average molecular weight is 251 g/mol. The van der Waals surface area contributed by atoms with Gasteiger partial charge in [0.25, 0.3) is 5.91 Å². The molecule has 1 aromatic rings. The maximum Gasteiger partial charge on any atom is 0.338 e. The monoisotopic (exact) mass is 251 g/mol. The zero-order chi connectivity index (χ0) is 13.5. The fourth-order valence-electron chi connectivity index (χ4n) is 1.23. The van der Waals surface area contributed by atoms with E-state index in [0.29, 0.717) is 11.3 Å². The Bertz CT molecular complexity index is 412. The second-order valence-corrected chi connectivity index (χ2v) is 3.94. The van der Waals surface area contributed by atoms with E-state index in [9.17, 15) is 9.59 Å². The van der Waals surface area contributed by atoms with Gasteiger partial charge in [-0.25, -0.2) is 4.79 Å². The smallest absolute Gasteiger partial charge is 0.338 e. The Hall–Kier alpha value is -2.04. The summed E-state index contributed by atoms with van der Waals surface area (Å²) < 4.78 is 10.3. The molecule has 98 valence electrons. The van der Waals surface area contributed by atoms with Gasteiger partial charge < -0.3 is 14.8 Å². The number of ether oxygens (including phenoxy) is 2. The van der Waals surface area contributed by atoms with Crippen LogP contribution in [0.1, 0.15) is 24.2 Å². The van der Waals surface area contributed by atoms with Crippen LogP contribution in [0.4, 0.5) is 0 Å². The average Bonchev–Trinajstić information content (AvgIpc) is 2.35. The Balaban J connectivity index is 2.56. The van der Waals surface area contributed by atoms with E-state index in [0.717, 1.165) is 0 Å². The molecular formula is C13H17NO4. The molecule has 1 N–H and O–H groups in total. The van der Waals surface area contributed by atoms with Gasteiger partial charge in [-0.2, -0.15) is 0 Å². The van der Waals surface area contributed by atoms with E-state index in [1.165, 1.54) is 7.05 Å². The first-order valence-electron chi connectivity index (χ1n) is 5.67. The van der Waals surface area contributed by atoms with Gasteiger partial charge in [0.1, 0.15) is 5.75 Å². The molecule has 1 aromatic carbocycles. The van der Waals surface area contributed by atoms with Crippen molar-refractivity contribution in [3.05, 3.63) is 29.8 Å². The summed E-state index contributed by atoms with van der Waals surface area (Å²) in [5.41, 5.74) is 0.384. The number of hydrogen-bond donors (Lipinski definition) is 1. The number of amides is 1. The molecule has 0 saturated carbocycles. The van der Waals surface area contributed by atoms with Gasteiger partial charge in [-0.3, -0.25) is 4.79 Å².